The number of nitrogens with one attached hydrogen (secondary N) is 2. The second kappa shape index (κ2) is 12.8. The zero-order valence-electron chi connectivity index (χ0n) is 19.1. The minimum atomic E-state index is -1.40. The van der Waals surface area contributed by atoms with Gasteiger partial charge in [-0.05, 0) is 58.3 Å². The second-order valence-corrected chi connectivity index (χ2v) is 9.37. The van der Waals surface area contributed by atoms with Crippen LogP contribution < -0.4 is 5.46 Å². The number of benzene rings is 2. The Hall–Kier alpha value is -2.89. The fraction of sp³-hybridized carbons (Fsp3) is 0. The van der Waals surface area contributed by atoms with Crippen molar-refractivity contribution in [2.45, 2.75) is 0 Å². The van der Waals surface area contributed by atoms with Gasteiger partial charge >= 0.3 is 7.12 Å². The molecule has 0 bridgehead atoms. The lowest BCUT2D eigenvalue weighted by atomic mass is 9.78. The van der Waals surface area contributed by atoms with Crippen molar-refractivity contribution < 1.29 is 10.0 Å². The Morgan fingerprint density at radius 1 is 0.658 bits per heavy atom. The summed E-state index contributed by atoms with van der Waals surface area (Å²) < 4.78 is 0. The molecule has 6 rings (SSSR count). The van der Waals surface area contributed by atoms with Crippen molar-refractivity contribution in [2.24, 2.45) is 0 Å². The van der Waals surface area contributed by atoms with E-state index in [1.165, 1.54) is 12.4 Å². The predicted molar refractivity (Wildman–Crippen MR) is 155 cm³/mol. The summed E-state index contributed by atoms with van der Waals surface area (Å²) in [4.78, 5) is 21.3. The molecule has 0 aliphatic rings. The largest absolute Gasteiger partial charge is 0.489 e. The minimum absolute atomic E-state index is 0.101. The van der Waals surface area contributed by atoms with Crippen molar-refractivity contribution in [3.8, 4) is 11.3 Å². The summed E-state index contributed by atoms with van der Waals surface area (Å²) in [5, 5.41) is 21.1. The summed E-state index contributed by atoms with van der Waals surface area (Å²) in [5.41, 5.74) is 4.08. The van der Waals surface area contributed by atoms with Gasteiger partial charge in [-0.15, -0.1) is 0 Å². The van der Waals surface area contributed by atoms with E-state index < -0.39 is 7.12 Å². The molecule has 0 radical (unpaired) electrons. The highest BCUT2D eigenvalue weighted by Gasteiger charge is 2.14. The van der Waals surface area contributed by atoms with E-state index >= 15 is 0 Å². The third kappa shape index (κ3) is 6.75. The first-order valence-corrected chi connectivity index (χ1v) is 12.6. The zero-order chi connectivity index (χ0) is 27.2. The molecule has 14 heteroatoms. The van der Waals surface area contributed by atoms with Gasteiger partial charge in [-0.2, -0.15) is 0 Å². The lowest BCUT2D eigenvalue weighted by Crippen LogP contribution is -2.29. The molecular weight excluding hydrogens is 592 g/mol. The van der Waals surface area contributed by atoms with Crippen LogP contribution in [0, 0.1) is 0 Å². The van der Waals surface area contributed by atoms with Crippen LogP contribution in [0.1, 0.15) is 0 Å². The molecule has 4 aromatic heterocycles. The standard InChI is InChI=1S/C12H7Cl2N3.C8H8BNO2.C4HCl3N2/c13-9-6-16-12(14)17-11(9)8-2-1-3-10-7(8)4-5-15-10;11-9(12)7-2-1-3-8-6(7)4-5-10-8;5-2-1-8-4(7)9-3(2)6/h1-6,15H;1-5,10-12H;1H. The number of rotatable bonds is 2. The van der Waals surface area contributed by atoms with Crippen LogP contribution in [0.15, 0.2) is 73.3 Å². The summed E-state index contributed by atoms with van der Waals surface area (Å²) in [7, 11) is -1.40. The SMILES string of the molecule is Clc1ncc(Cl)c(-c2cccc3[nH]ccc23)n1.Clc1ncc(Cl)c(Cl)n1.OB(O)c1cccc2[nH]ccc12. The molecule has 0 saturated carbocycles. The summed E-state index contributed by atoms with van der Waals surface area (Å²) >= 11 is 28.2. The summed E-state index contributed by atoms with van der Waals surface area (Å²) in [6.07, 6.45) is 6.51. The van der Waals surface area contributed by atoms with Crippen LogP contribution >= 0.6 is 58.0 Å². The number of H-pyrrole nitrogens is 2. The average molecular weight is 609 g/mol. The van der Waals surface area contributed by atoms with Gasteiger partial charge in [0.05, 0.1) is 28.1 Å². The molecular formula is C24H16BCl5N6O2. The van der Waals surface area contributed by atoms with E-state index in [1.807, 2.05) is 42.6 Å². The number of aromatic amines is 2. The Morgan fingerprint density at radius 3 is 1.87 bits per heavy atom. The average Bonchev–Trinajstić information content (AvgIpc) is 3.58. The fourth-order valence-electron chi connectivity index (χ4n) is 3.49. The summed E-state index contributed by atoms with van der Waals surface area (Å²) in [6.45, 7) is 0. The van der Waals surface area contributed by atoms with Gasteiger partial charge in [-0.3, -0.25) is 0 Å². The van der Waals surface area contributed by atoms with Crippen molar-refractivity contribution >= 4 is 92.4 Å². The van der Waals surface area contributed by atoms with E-state index in [4.69, 9.17) is 68.1 Å². The molecule has 4 N–H and O–H groups in total. The molecule has 4 heterocycles. The summed E-state index contributed by atoms with van der Waals surface area (Å²) in [5.74, 6) is 0. The zero-order valence-corrected chi connectivity index (χ0v) is 22.9. The molecule has 2 aromatic carbocycles. The van der Waals surface area contributed by atoms with E-state index in [0.717, 1.165) is 27.4 Å². The second-order valence-electron chi connectivity index (χ2n) is 7.52. The Kier molecular flexibility index (Phi) is 9.46. The highest BCUT2D eigenvalue weighted by atomic mass is 35.5. The van der Waals surface area contributed by atoms with E-state index in [9.17, 15) is 0 Å². The predicted octanol–water partition coefficient (Wildman–Crippen LogP) is 6.22. The van der Waals surface area contributed by atoms with Crippen LogP contribution in [0.4, 0.5) is 0 Å². The minimum Gasteiger partial charge on any atom is -0.423 e. The first-order valence-electron chi connectivity index (χ1n) is 10.7. The molecule has 0 fully saturated rings. The molecule has 0 saturated heterocycles. The summed E-state index contributed by atoms with van der Waals surface area (Å²) in [6, 6.07) is 15.1. The number of hydrogen-bond donors (Lipinski definition) is 4. The molecule has 0 aliphatic carbocycles. The Bertz CT molecular complexity index is 1690. The van der Waals surface area contributed by atoms with Crippen molar-refractivity contribution in [3.05, 3.63) is 99.1 Å². The van der Waals surface area contributed by atoms with Crippen LogP contribution in [-0.2, 0) is 0 Å². The number of aromatic nitrogens is 6. The Morgan fingerprint density at radius 2 is 1.24 bits per heavy atom. The fourth-order valence-corrected chi connectivity index (χ4v) is 4.21. The molecule has 0 atom stereocenters. The van der Waals surface area contributed by atoms with Crippen molar-refractivity contribution in [1.29, 1.82) is 0 Å². The van der Waals surface area contributed by atoms with Gasteiger partial charge in [0.1, 0.15) is 0 Å². The first-order chi connectivity index (χ1) is 18.2. The number of halogens is 5. The van der Waals surface area contributed by atoms with Crippen LogP contribution in [0.3, 0.4) is 0 Å². The monoisotopic (exact) mass is 606 g/mol. The van der Waals surface area contributed by atoms with Gasteiger partial charge < -0.3 is 20.0 Å². The maximum absolute atomic E-state index is 8.98. The van der Waals surface area contributed by atoms with Gasteiger partial charge in [0.15, 0.2) is 5.15 Å². The highest BCUT2D eigenvalue weighted by Crippen LogP contribution is 2.31. The molecule has 8 nitrogen and oxygen atoms in total. The van der Waals surface area contributed by atoms with Gasteiger partial charge in [0.2, 0.25) is 10.6 Å². The van der Waals surface area contributed by atoms with E-state index in [0.29, 0.717) is 21.2 Å². The van der Waals surface area contributed by atoms with Gasteiger partial charge in [-0.25, -0.2) is 19.9 Å². The van der Waals surface area contributed by atoms with E-state index in [2.05, 4.69) is 29.9 Å². The van der Waals surface area contributed by atoms with Gasteiger partial charge in [0.25, 0.3) is 0 Å². The number of hydrogen-bond acceptors (Lipinski definition) is 6. The number of fused-ring (bicyclic) bond motifs is 2. The van der Waals surface area contributed by atoms with Crippen LogP contribution in [-0.4, -0.2) is 47.1 Å². The van der Waals surface area contributed by atoms with Gasteiger partial charge in [0, 0.05) is 34.4 Å². The molecule has 0 aliphatic heterocycles. The van der Waals surface area contributed by atoms with E-state index in [-0.39, 0.29) is 15.7 Å². The lowest BCUT2D eigenvalue weighted by Gasteiger charge is -2.05. The van der Waals surface area contributed by atoms with E-state index in [1.54, 1.807) is 18.3 Å². The van der Waals surface area contributed by atoms with Gasteiger partial charge in [-0.1, -0.05) is 59.1 Å². The molecule has 6 aromatic rings. The molecule has 38 heavy (non-hydrogen) atoms. The Labute approximate surface area is 241 Å². The highest BCUT2D eigenvalue weighted by molar-refractivity contribution is 6.61. The van der Waals surface area contributed by atoms with Crippen LogP contribution in [0.2, 0.25) is 25.8 Å². The number of nitrogens with zero attached hydrogens (tertiary/aromatic N) is 4. The topological polar surface area (TPSA) is 124 Å². The molecule has 192 valence electrons. The smallest absolute Gasteiger partial charge is 0.423 e. The molecule has 0 amide bonds. The van der Waals surface area contributed by atoms with Crippen LogP contribution in [0.5, 0.6) is 0 Å². The van der Waals surface area contributed by atoms with Crippen molar-refractivity contribution in [1.82, 2.24) is 29.9 Å². The van der Waals surface area contributed by atoms with Crippen LogP contribution in [0.25, 0.3) is 33.1 Å². The quantitative estimate of drug-likeness (QED) is 0.105. The molecule has 0 unspecified atom stereocenters. The maximum Gasteiger partial charge on any atom is 0.489 e. The third-order valence-electron chi connectivity index (χ3n) is 5.14. The lowest BCUT2D eigenvalue weighted by molar-refractivity contribution is 0.426. The van der Waals surface area contributed by atoms with Crippen molar-refractivity contribution in [2.75, 3.05) is 0 Å². The third-order valence-corrected chi connectivity index (χ3v) is 6.45. The maximum atomic E-state index is 8.98. The van der Waals surface area contributed by atoms with Crippen molar-refractivity contribution in [3.63, 3.8) is 0 Å². The Balaban J connectivity index is 0.000000141. The molecule has 0 spiro atoms. The normalized spacial score (nSPS) is 10.5. The first kappa shape index (κ1) is 28.1.